The number of hydrogen-bond donors (Lipinski definition) is 0. The lowest BCUT2D eigenvalue weighted by Crippen LogP contribution is -2.34. The fraction of sp³-hybridized carbons (Fsp3) is 0.650. The lowest BCUT2D eigenvalue weighted by molar-refractivity contribution is -0.110. The van der Waals surface area contributed by atoms with Crippen molar-refractivity contribution in [1.82, 2.24) is 4.90 Å². The number of rotatable bonds is 10. The Morgan fingerprint density at radius 3 is 2.48 bits per heavy atom. The fourth-order valence-electron chi connectivity index (χ4n) is 3.51. The highest BCUT2D eigenvalue weighted by atomic mass is 79.9. The van der Waals surface area contributed by atoms with Gasteiger partial charge in [-0.1, -0.05) is 43.2 Å². The maximum Gasteiger partial charge on any atom is 0.197 e. The molecule has 1 aromatic carbocycles. The lowest BCUT2D eigenvalue weighted by atomic mass is 9.90. The topological polar surface area (TPSA) is 20.3 Å². The average Bonchev–Trinajstić information content (AvgIpc) is 2.57. The van der Waals surface area contributed by atoms with Crippen molar-refractivity contribution in [3.05, 3.63) is 35.9 Å². The van der Waals surface area contributed by atoms with E-state index in [4.69, 9.17) is 0 Å². The van der Waals surface area contributed by atoms with Gasteiger partial charge in [-0.05, 0) is 85.6 Å². The first-order chi connectivity index (χ1) is 11.2. The maximum atomic E-state index is 10.8. The third kappa shape index (κ3) is 8.12. The van der Waals surface area contributed by atoms with Crippen molar-refractivity contribution in [3.8, 4) is 0 Å². The zero-order valence-electron chi connectivity index (χ0n) is 14.2. The van der Waals surface area contributed by atoms with Gasteiger partial charge in [-0.25, -0.2) is 0 Å². The number of benzene rings is 1. The molecule has 0 spiro atoms. The minimum atomic E-state index is 0.147. The van der Waals surface area contributed by atoms with E-state index in [1.165, 1.54) is 70.1 Å². The van der Waals surface area contributed by atoms with Crippen molar-refractivity contribution in [1.29, 1.82) is 0 Å². The monoisotopic (exact) mass is 379 g/mol. The Labute approximate surface area is 149 Å². The molecule has 2 nitrogen and oxygen atoms in total. The molecule has 0 N–H and O–H groups in total. The molecular weight excluding hydrogens is 350 g/mol. The van der Waals surface area contributed by atoms with E-state index in [1.54, 1.807) is 0 Å². The highest BCUT2D eigenvalue weighted by molar-refractivity contribution is 9.18. The first kappa shape index (κ1) is 18.7. The van der Waals surface area contributed by atoms with Crippen LogP contribution in [0.4, 0.5) is 0 Å². The van der Waals surface area contributed by atoms with Crippen molar-refractivity contribution in [2.24, 2.45) is 5.92 Å². The van der Waals surface area contributed by atoms with Crippen LogP contribution in [0, 0.1) is 5.92 Å². The third-order valence-corrected chi connectivity index (χ3v) is 5.37. The Morgan fingerprint density at radius 1 is 1.04 bits per heavy atom. The predicted octanol–water partition coefficient (Wildman–Crippen LogP) is 5.20. The van der Waals surface area contributed by atoms with Gasteiger partial charge in [0.05, 0.1) is 0 Å². The largest absolute Gasteiger partial charge is 0.303 e. The summed E-state index contributed by atoms with van der Waals surface area (Å²) in [6, 6.07) is 10.9. The van der Waals surface area contributed by atoms with E-state index < -0.39 is 0 Å². The Hall–Kier alpha value is -0.670. The van der Waals surface area contributed by atoms with E-state index in [2.05, 4.69) is 51.2 Å². The number of piperidine rings is 1. The first-order valence-corrected chi connectivity index (χ1v) is 9.98. The van der Waals surface area contributed by atoms with Gasteiger partial charge in [0, 0.05) is 6.42 Å². The molecular formula is C20H30BrNO. The minimum Gasteiger partial charge on any atom is -0.303 e. The van der Waals surface area contributed by atoms with E-state index in [9.17, 15) is 4.79 Å². The molecule has 1 saturated heterocycles. The Bertz CT molecular complexity index is 440. The zero-order valence-corrected chi connectivity index (χ0v) is 15.8. The maximum absolute atomic E-state index is 10.8. The van der Waals surface area contributed by atoms with Crippen molar-refractivity contribution in [3.63, 3.8) is 0 Å². The number of unbranched alkanes of at least 4 members (excludes halogenated alkanes) is 2. The molecule has 0 unspecified atom stereocenters. The SMILES string of the molecule is O=C(Br)CCCCCN1CCC(CCCc2ccccc2)CC1. The molecule has 0 amide bonds. The van der Waals surface area contributed by atoms with E-state index in [0.29, 0.717) is 6.42 Å². The molecule has 0 aliphatic carbocycles. The van der Waals surface area contributed by atoms with Crippen LogP contribution in [0.15, 0.2) is 30.3 Å². The fourth-order valence-corrected chi connectivity index (χ4v) is 3.79. The smallest absolute Gasteiger partial charge is 0.197 e. The number of carbonyl (C=O) groups is 1. The van der Waals surface area contributed by atoms with E-state index in [1.807, 2.05) is 0 Å². The van der Waals surface area contributed by atoms with Crippen molar-refractivity contribution < 1.29 is 4.79 Å². The van der Waals surface area contributed by atoms with Gasteiger partial charge in [0.2, 0.25) is 0 Å². The second-order valence-electron chi connectivity index (χ2n) is 6.83. The van der Waals surface area contributed by atoms with E-state index >= 15 is 0 Å². The second kappa shape index (κ2) is 11.0. The standard InChI is InChI=1S/C20H30BrNO/c21-20(23)12-5-2-6-15-22-16-13-19(14-17-22)11-7-10-18-8-3-1-4-9-18/h1,3-4,8-9,19H,2,5-7,10-17H2. The van der Waals surface area contributed by atoms with Crippen molar-refractivity contribution in [2.45, 2.75) is 57.8 Å². The zero-order chi connectivity index (χ0) is 16.3. The summed E-state index contributed by atoms with van der Waals surface area (Å²) < 4.78 is 0.147. The van der Waals surface area contributed by atoms with Gasteiger partial charge in [0.25, 0.3) is 0 Å². The van der Waals surface area contributed by atoms with Gasteiger partial charge < -0.3 is 4.90 Å². The summed E-state index contributed by atoms with van der Waals surface area (Å²) in [5.74, 6) is 0.931. The molecule has 0 bridgehead atoms. The molecule has 1 aromatic rings. The average molecular weight is 380 g/mol. The normalized spacial score (nSPS) is 16.6. The molecule has 1 aliphatic heterocycles. The number of halogens is 1. The van der Waals surface area contributed by atoms with Crippen LogP contribution in [-0.2, 0) is 11.2 Å². The van der Waals surface area contributed by atoms with Crippen LogP contribution in [0.3, 0.4) is 0 Å². The van der Waals surface area contributed by atoms with E-state index in [0.717, 1.165) is 12.3 Å². The van der Waals surface area contributed by atoms with Gasteiger partial charge in [0.15, 0.2) is 4.69 Å². The summed E-state index contributed by atoms with van der Waals surface area (Å²) in [5, 5.41) is 0. The number of likely N-dealkylation sites (tertiary alicyclic amines) is 1. The van der Waals surface area contributed by atoms with E-state index in [-0.39, 0.29) is 4.69 Å². The first-order valence-electron chi connectivity index (χ1n) is 9.18. The van der Waals surface area contributed by atoms with Crippen LogP contribution in [0.25, 0.3) is 0 Å². The van der Waals surface area contributed by atoms with Gasteiger partial charge in [-0.15, -0.1) is 0 Å². The van der Waals surface area contributed by atoms with Crippen molar-refractivity contribution in [2.75, 3.05) is 19.6 Å². The number of hydrogen-bond acceptors (Lipinski definition) is 2. The highest BCUT2D eigenvalue weighted by Gasteiger charge is 2.18. The summed E-state index contributed by atoms with van der Waals surface area (Å²) >= 11 is 3.00. The molecule has 1 heterocycles. The summed E-state index contributed by atoms with van der Waals surface area (Å²) in [5.41, 5.74) is 1.48. The molecule has 1 fully saturated rings. The van der Waals surface area contributed by atoms with Crippen LogP contribution < -0.4 is 0 Å². The molecule has 0 aromatic heterocycles. The number of aryl methyl sites for hydroxylation is 1. The molecule has 3 heteroatoms. The Balaban J connectivity index is 1.49. The van der Waals surface area contributed by atoms with Gasteiger partial charge >= 0.3 is 0 Å². The highest BCUT2D eigenvalue weighted by Crippen LogP contribution is 2.23. The van der Waals surface area contributed by atoms with Crippen LogP contribution in [0.2, 0.25) is 0 Å². The number of carbonyl (C=O) groups excluding carboxylic acids is 1. The van der Waals surface area contributed by atoms with Crippen LogP contribution in [0.5, 0.6) is 0 Å². The summed E-state index contributed by atoms with van der Waals surface area (Å²) in [6.45, 7) is 3.76. The lowest BCUT2D eigenvalue weighted by Gasteiger charge is -2.32. The molecule has 1 aliphatic rings. The Kier molecular flexibility index (Phi) is 8.91. The molecule has 0 radical (unpaired) electrons. The van der Waals surface area contributed by atoms with Gasteiger partial charge in [-0.3, -0.25) is 4.79 Å². The summed E-state index contributed by atoms with van der Waals surface area (Å²) in [6.07, 6.45) is 10.8. The van der Waals surface area contributed by atoms with Crippen molar-refractivity contribution >= 4 is 20.6 Å². The third-order valence-electron chi connectivity index (χ3n) is 4.98. The number of nitrogens with zero attached hydrogens (tertiary/aromatic N) is 1. The molecule has 23 heavy (non-hydrogen) atoms. The molecule has 0 saturated carbocycles. The quantitative estimate of drug-likeness (QED) is 0.411. The van der Waals surface area contributed by atoms with Crippen LogP contribution in [0.1, 0.15) is 56.9 Å². The van der Waals surface area contributed by atoms with Gasteiger partial charge in [0.1, 0.15) is 0 Å². The summed E-state index contributed by atoms with van der Waals surface area (Å²) in [4.78, 5) is 13.4. The predicted molar refractivity (Wildman–Crippen MR) is 101 cm³/mol. The molecule has 128 valence electrons. The van der Waals surface area contributed by atoms with Crippen LogP contribution >= 0.6 is 15.9 Å². The minimum absolute atomic E-state index is 0.147. The molecule has 2 rings (SSSR count). The second-order valence-corrected chi connectivity index (χ2v) is 7.71. The van der Waals surface area contributed by atoms with Gasteiger partial charge in [-0.2, -0.15) is 0 Å². The summed E-state index contributed by atoms with van der Waals surface area (Å²) in [7, 11) is 0. The van der Waals surface area contributed by atoms with Crippen LogP contribution in [-0.4, -0.2) is 29.2 Å². The Morgan fingerprint density at radius 2 is 1.78 bits per heavy atom. The molecule has 0 atom stereocenters.